The first kappa shape index (κ1) is 14.3. The van der Waals surface area contributed by atoms with Crippen LogP contribution in [0.4, 0.5) is 10.5 Å². The Morgan fingerprint density at radius 2 is 2.00 bits per heavy atom. The summed E-state index contributed by atoms with van der Waals surface area (Å²) in [6.07, 6.45) is 0. The Balaban J connectivity index is 1.81. The van der Waals surface area contributed by atoms with Crippen LogP contribution < -0.4 is 21.7 Å². The lowest BCUT2D eigenvalue weighted by Gasteiger charge is -2.31. The molecule has 20 heavy (non-hydrogen) atoms. The molecule has 6 nitrogen and oxygen atoms in total. The van der Waals surface area contributed by atoms with E-state index in [0.717, 1.165) is 18.7 Å². The quantitative estimate of drug-likeness (QED) is 0.635. The van der Waals surface area contributed by atoms with Crippen molar-refractivity contribution in [3.8, 4) is 0 Å². The van der Waals surface area contributed by atoms with Crippen molar-refractivity contribution in [2.75, 3.05) is 18.4 Å². The number of hydrogen-bond acceptors (Lipinski definition) is 3. The second kappa shape index (κ2) is 6.38. The Morgan fingerprint density at radius 3 is 2.50 bits per heavy atom. The van der Waals surface area contributed by atoms with E-state index in [0.29, 0.717) is 18.2 Å². The average Bonchev–Trinajstić information content (AvgIpc) is 2.34. The molecule has 0 radical (unpaired) electrons. The second-order valence-electron chi connectivity index (χ2n) is 5.11. The smallest absolute Gasteiger partial charge is 0.316 e. The standard InChI is InChI=1S/C14H20N4O2/c1-9(11-7-16-8-11)13(19)17-6-10-2-4-12(5-3-10)18-14(15)20/h2-5,9,11,16H,6-8H2,1H3,(H,17,19)(H3,15,18,20). The number of primary amides is 1. The highest BCUT2D eigenvalue weighted by molar-refractivity contribution is 5.87. The van der Waals surface area contributed by atoms with Gasteiger partial charge in [-0.15, -0.1) is 0 Å². The number of amides is 3. The molecule has 1 saturated heterocycles. The number of urea groups is 1. The summed E-state index contributed by atoms with van der Waals surface area (Å²) in [6.45, 7) is 4.28. The fraction of sp³-hybridized carbons (Fsp3) is 0.429. The van der Waals surface area contributed by atoms with Gasteiger partial charge in [0.25, 0.3) is 0 Å². The maximum atomic E-state index is 12.0. The molecule has 1 aromatic carbocycles. The molecule has 6 heteroatoms. The first-order valence-corrected chi connectivity index (χ1v) is 6.70. The molecule has 108 valence electrons. The third kappa shape index (κ3) is 3.71. The molecule has 0 aromatic heterocycles. The van der Waals surface area contributed by atoms with Crippen LogP contribution in [-0.4, -0.2) is 25.0 Å². The van der Waals surface area contributed by atoms with Crippen molar-refractivity contribution in [3.05, 3.63) is 29.8 Å². The number of anilines is 1. The van der Waals surface area contributed by atoms with Gasteiger partial charge in [-0.25, -0.2) is 4.79 Å². The fourth-order valence-corrected chi connectivity index (χ4v) is 2.08. The van der Waals surface area contributed by atoms with E-state index in [2.05, 4.69) is 16.0 Å². The summed E-state index contributed by atoms with van der Waals surface area (Å²) in [7, 11) is 0. The first-order valence-electron chi connectivity index (χ1n) is 6.70. The average molecular weight is 276 g/mol. The number of nitrogens with one attached hydrogen (secondary N) is 3. The number of carbonyl (C=O) groups is 2. The molecule has 1 fully saturated rings. The van der Waals surface area contributed by atoms with E-state index in [1.807, 2.05) is 19.1 Å². The molecule has 5 N–H and O–H groups in total. The molecule has 1 aromatic rings. The zero-order valence-electron chi connectivity index (χ0n) is 11.5. The molecule has 1 atom stereocenters. The van der Waals surface area contributed by atoms with Crippen molar-refractivity contribution in [3.63, 3.8) is 0 Å². The van der Waals surface area contributed by atoms with E-state index in [-0.39, 0.29) is 11.8 Å². The van der Waals surface area contributed by atoms with Gasteiger partial charge in [-0.1, -0.05) is 19.1 Å². The fourth-order valence-electron chi connectivity index (χ4n) is 2.08. The number of nitrogens with two attached hydrogens (primary N) is 1. The first-order chi connectivity index (χ1) is 9.56. The Hall–Kier alpha value is -2.08. The Labute approximate surface area is 118 Å². The van der Waals surface area contributed by atoms with Gasteiger partial charge in [0.15, 0.2) is 0 Å². The minimum Gasteiger partial charge on any atom is -0.352 e. The van der Waals surface area contributed by atoms with Crippen molar-refractivity contribution >= 4 is 17.6 Å². The predicted octanol–water partition coefficient (Wildman–Crippen LogP) is 0.649. The lowest BCUT2D eigenvalue weighted by Crippen LogP contribution is -2.49. The molecule has 1 unspecified atom stereocenters. The van der Waals surface area contributed by atoms with E-state index in [1.165, 1.54) is 0 Å². The minimum atomic E-state index is -0.589. The van der Waals surface area contributed by atoms with Crippen molar-refractivity contribution in [2.45, 2.75) is 13.5 Å². The van der Waals surface area contributed by atoms with Gasteiger partial charge in [0.1, 0.15) is 0 Å². The minimum absolute atomic E-state index is 0.0343. The van der Waals surface area contributed by atoms with Crippen LogP contribution in [0.15, 0.2) is 24.3 Å². The maximum absolute atomic E-state index is 12.0. The molecule has 0 bridgehead atoms. The lowest BCUT2D eigenvalue weighted by molar-refractivity contribution is -0.126. The van der Waals surface area contributed by atoms with Crippen LogP contribution in [0.5, 0.6) is 0 Å². The van der Waals surface area contributed by atoms with Gasteiger partial charge >= 0.3 is 6.03 Å². The molecule has 1 aliphatic rings. The molecule has 0 aliphatic carbocycles. The van der Waals surface area contributed by atoms with E-state index in [9.17, 15) is 9.59 Å². The molecule has 2 rings (SSSR count). The number of rotatable bonds is 5. The summed E-state index contributed by atoms with van der Waals surface area (Å²) < 4.78 is 0. The molecule has 0 spiro atoms. The molecular formula is C14H20N4O2. The number of carbonyl (C=O) groups excluding carboxylic acids is 2. The summed E-state index contributed by atoms with van der Waals surface area (Å²) in [4.78, 5) is 22.6. The van der Waals surface area contributed by atoms with Crippen LogP contribution in [-0.2, 0) is 11.3 Å². The van der Waals surface area contributed by atoms with Gasteiger partial charge < -0.3 is 21.7 Å². The van der Waals surface area contributed by atoms with E-state index in [4.69, 9.17) is 5.73 Å². The van der Waals surface area contributed by atoms with E-state index >= 15 is 0 Å². The van der Waals surface area contributed by atoms with Crippen LogP contribution in [0.1, 0.15) is 12.5 Å². The summed E-state index contributed by atoms with van der Waals surface area (Å²) in [6, 6.07) is 6.62. The van der Waals surface area contributed by atoms with Crippen LogP contribution in [0.3, 0.4) is 0 Å². The van der Waals surface area contributed by atoms with Gasteiger partial charge in [0.05, 0.1) is 0 Å². The van der Waals surface area contributed by atoms with E-state index < -0.39 is 6.03 Å². The second-order valence-corrected chi connectivity index (χ2v) is 5.11. The lowest BCUT2D eigenvalue weighted by atomic mass is 9.88. The highest BCUT2D eigenvalue weighted by atomic mass is 16.2. The SMILES string of the molecule is CC(C(=O)NCc1ccc(NC(N)=O)cc1)C1CNC1. The predicted molar refractivity (Wildman–Crippen MR) is 77.0 cm³/mol. The third-order valence-corrected chi connectivity index (χ3v) is 3.62. The van der Waals surface area contributed by atoms with Gasteiger partial charge in [-0.2, -0.15) is 0 Å². The van der Waals surface area contributed by atoms with Crippen LogP contribution in [0.25, 0.3) is 0 Å². The van der Waals surface area contributed by atoms with Gasteiger partial charge in [-0.3, -0.25) is 4.79 Å². The summed E-state index contributed by atoms with van der Waals surface area (Å²) >= 11 is 0. The summed E-state index contributed by atoms with van der Waals surface area (Å²) in [5.41, 5.74) is 6.65. The van der Waals surface area contributed by atoms with Gasteiger partial charge in [0.2, 0.25) is 5.91 Å². The van der Waals surface area contributed by atoms with Crippen LogP contribution in [0.2, 0.25) is 0 Å². The van der Waals surface area contributed by atoms with Crippen LogP contribution in [0, 0.1) is 11.8 Å². The summed E-state index contributed by atoms with van der Waals surface area (Å²) in [5, 5.41) is 8.59. The van der Waals surface area contributed by atoms with E-state index in [1.54, 1.807) is 12.1 Å². The molecular weight excluding hydrogens is 256 g/mol. The molecule has 1 aliphatic heterocycles. The Kier molecular flexibility index (Phi) is 4.57. The number of benzene rings is 1. The number of hydrogen-bond donors (Lipinski definition) is 4. The Morgan fingerprint density at radius 1 is 1.35 bits per heavy atom. The normalized spacial score (nSPS) is 16.1. The molecule has 3 amide bonds. The topological polar surface area (TPSA) is 96.2 Å². The van der Waals surface area contributed by atoms with Crippen LogP contribution >= 0.6 is 0 Å². The Bertz CT molecular complexity index is 482. The van der Waals surface area contributed by atoms with Crippen molar-refractivity contribution in [1.82, 2.24) is 10.6 Å². The molecule has 0 saturated carbocycles. The maximum Gasteiger partial charge on any atom is 0.316 e. The zero-order chi connectivity index (χ0) is 14.5. The van der Waals surface area contributed by atoms with Crippen molar-refractivity contribution in [2.24, 2.45) is 17.6 Å². The van der Waals surface area contributed by atoms with Crippen molar-refractivity contribution in [1.29, 1.82) is 0 Å². The van der Waals surface area contributed by atoms with Crippen molar-refractivity contribution < 1.29 is 9.59 Å². The third-order valence-electron chi connectivity index (χ3n) is 3.62. The largest absolute Gasteiger partial charge is 0.352 e. The highest BCUT2D eigenvalue weighted by Gasteiger charge is 2.28. The monoisotopic (exact) mass is 276 g/mol. The van der Waals surface area contributed by atoms with Gasteiger partial charge in [0, 0.05) is 18.2 Å². The molecule has 1 heterocycles. The zero-order valence-corrected chi connectivity index (χ0v) is 11.5. The summed E-state index contributed by atoms with van der Waals surface area (Å²) in [5.74, 6) is 0.556. The highest BCUT2D eigenvalue weighted by Crippen LogP contribution is 2.16. The van der Waals surface area contributed by atoms with Gasteiger partial charge in [-0.05, 0) is 36.7 Å².